The van der Waals surface area contributed by atoms with Crippen LogP contribution in [0.1, 0.15) is 22.3 Å². The van der Waals surface area contributed by atoms with E-state index in [4.69, 9.17) is 9.15 Å². The highest BCUT2D eigenvalue weighted by Gasteiger charge is 2.10. The maximum Gasteiger partial charge on any atom is 0.336 e. The summed E-state index contributed by atoms with van der Waals surface area (Å²) in [6.07, 6.45) is 2.69. The van der Waals surface area contributed by atoms with E-state index < -0.39 is 11.6 Å². The minimum atomic E-state index is -0.584. The quantitative estimate of drug-likeness (QED) is 0.399. The Labute approximate surface area is 149 Å². The number of benzene rings is 2. The normalized spacial score (nSPS) is 11.2. The van der Waals surface area contributed by atoms with Crippen molar-refractivity contribution in [3.63, 3.8) is 0 Å². The first kappa shape index (κ1) is 17.6. The smallest absolute Gasteiger partial charge is 0.336 e. The number of carbonyl (C=O) groups excluding carboxylic acids is 1. The molecule has 2 aromatic carbocycles. The Morgan fingerprint density at radius 1 is 1.19 bits per heavy atom. The number of esters is 1. The van der Waals surface area contributed by atoms with Gasteiger partial charge in [-0.15, -0.1) is 0 Å². The molecule has 0 amide bonds. The van der Waals surface area contributed by atoms with Gasteiger partial charge in [-0.1, -0.05) is 24.3 Å². The predicted octanol–water partition coefficient (Wildman–Crippen LogP) is 4.31. The van der Waals surface area contributed by atoms with Crippen molar-refractivity contribution in [2.24, 2.45) is 0 Å². The largest absolute Gasteiger partial charge is 0.458 e. The van der Waals surface area contributed by atoms with Gasteiger partial charge in [0.05, 0.1) is 0 Å². The third-order valence-corrected chi connectivity index (χ3v) is 4.15. The van der Waals surface area contributed by atoms with E-state index in [1.54, 1.807) is 12.1 Å². The molecular formula is C21H17FO4. The summed E-state index contributed by atoms with van der Waals surface area (Å²) < 4.78 is 23.6. The molecule has 0 saturated carbocycles. The second-order valence-electron chi connectivity index (χ2n) is 5.97. The molecule has 0 aliphatic rings. The van der Waals surface area contributed by atoms with Crippen molar-refractivity contribution in [3.05, 3.63) is 87.0 Å². The molecule has 3 aromatic rings. The molecule has 0 fully saturated rings. The lowest BCUT2D eigenvalue weighted by Crippen LogP contribution is -2.06. The van der Waals surface area contributed by atoms with Gasteiger partial charge in [0.15, 0.2) is 0 Å². The van der Waals surface area contributed by atoms with Crippen LogP contribution in [0.3, 0.4) is 0 Å². The summed E-state index contributed by atoms with van der Waals surface area (Å²) in [5.41, 5.74) is 3.02. The number of carbonyl (C=O) groups is 1. The van der Waals surface area contributed by atoms with Gasteiger partial charge in [0.1, 0.15) is 18.0 Å². The Morgan fingerprint density at radius 2 is 2.00 bits per heavy atom. The lowest BCUT2D eigenvalue weighted by Gasteiger charge is -2.09. The van der Waals surface area contributed by atoms with Gasteiger partial charge >= 0.3 is 11.6 Å². The lowest BCUT2D eigenvalue weighted by atomic mass is 10.0. The number of halogens is 1. The molecule has 4 nitrogen and oxygen atoms in total. The molecule has 0 N–H and O–H groups in total. The maximum atomic E-state index is 13.1. The van der Waals surface area contributed by atoms with Gasteiger partial charge in [-0.25, -0.2) is 14.0 Å². The highest BCUT2D eigenvalue weighted by molar-refractivity contribution is 5.88. The number of ether oxygens (including phenoxy) is 1. The summed E-state index contributed by atoms with van der Waals surface area (Å²) in [6, 6.07) is 10.9. The van der Waals surface area contributed by atoms with E-state index >= 15 is 0 Å². The lowest BCUT2D eigenvalue weighted by molar-refractivity contribution is -0.138. The van der Waals surface area contributed by atoms with Crippen LogP contribution in [0.4, 0.5) is 4.39 Å². The zero-order chi connectivity index (χ0) is 18.7. The Morgan fingerprint density at radius 3 is 2.77 bits per heavy atom. The Hall–Kier alpha value is -3.21. The first-order valence-electron chi connectivity index (χ1n) is 8.07. The van der Waals surface area contributed by atoms with Gasteiger partial charge in [0, 0.05) is 23.1 Å². The fraction of sp³-hybridized carbons (Fsp3) is 0.143. The van der Waals surface area contributed by atoms with Crippen LogP contribution in [-0.2, 0) is 16.1 Å². The Bertz CT molecular complexity index is 1060. The Kier molecular flexibility index (Phi) is 4.98. The summed E-state index contributed by atoms with van der Waals surface area (Å²) in [5.74, 6) is -0.965. The van der Waals surface area contributed by atoms with Crippen LogP contribution in [0, 0.1) is 19.7 Å². The van der Waals surface area contributed by atoms with Crippen molar-refractivity contribution >= 4 is 23.0 Å². The van der Waals surface area contributed by atoms with Crippen LogP contribution < -0.4 is 5.63 Å². The maximum absolute atomic E-state index is 13.1. The Balaban J connectivity index is 1.78. The van der Waals surface area contributed by atoms with Crippen LogP contribution >= 0.6 is 0 Å². The molecule has 0 spiro atoms. The van der Waals surface area contributed by atoms with Crippen LogP contribution in [-0.4, -0.2) is 5.97 Å². The molecule has 0 bridgehead atoms. The minimum Gasteiger partial charge on any atom is -0.458 e. The van der Waals surface area contributed by atoms with Crippen molar-refractivity contribution in [2.45, 2.75) is 20.5 Å². The highest BCUT2D eigenvalue weighted by Crippen LogP contribution is 2.23. The molecular weight excluding hydrogens is 335 g/mol. The van der Waals surface area contributed by atoms with Gasteiger partial charge in [-0.2, -0.15) is 0 Å². The summed E-state index contributed by atoms with van der Waals surface area (Å²) in [5, 5.41) is 0.731. The molecule has 132 valence electrons. The van der Waals surface area contributed by atoms with Crippen molar-refractivity contribution in [1.82, 2.24) is 0 Å². The van der Waals surface area contributed by atoms with Gasteiger partial charge in [-0.05, 0) is 48.7 Å². The molecule has 1 aromatic heterocycles. The van der Waals surface area contributed by atoms with Crippen LogP contribution in [0.25, 0.3) is 17.0 Å². The number of hydrogen-bond donors (Lipinski definition) is 0. The zero-order valence-electron chi connectivity index (χ0n) is 14.4. The van der Waals surface area contributed by atoms with Crippen molar-refractivity contribution in [2.75, 3.05) is 0 Å². The number of rotatable bonds is 4. The molecule has 1 heterocycles. The van der Waals surface area contributed by atoms with Crippen LogP contribution in [0.5, 0.6) is 0 Å². The molecule has 26 heavy (non-hydrogen) atoms. The first-order valence-corrected chi connectivity index (χ1v) is 8.07. The second-order valence-corrected chi connectivity index (χ2v) is 5.97. The molecule has 0 atom stereocenters. The summed E-state index contributed by atoms with van der Waals surface area (Å²) in [4.78, 5) is 23.7. The van der Waals surface area contributed by atoms with E-state index in [0.717, 1.165) is 16.5 Å². The fourth-order valence-electron chi connectivity index (χ4n) is 2.62. The average molecular weight is 352 g/mol. The number of aryl methyl sites for hydroxylation is 2. The number of fused-ring (bicyclic) bond motifs is 1. The average Bonchev–Trinajstić information content (AvgIpc) is 2.61. The molecule has 0 radical (unpaired) electrons. The minimum absolute atomic E-state index is 0.0586. The molecule has 5 heteroatoms. The van der Waals surface area contributed by atoms with E-state index in [2.05, 4.69) is 0 Å². The van der Waals surface area contributed by atoms with E-state index in [0.29, 0.717) is 16.7 Å². The predicted molar refractivity (Wildman–Crippen MR) is 97.2 cm³/mol. The van der Waals surface area contributed by atoms with E-state index in [1.807, 2.05) is 26.0 Å². The molecule has 0 unspecified atom stereocenters. The standard InChI is InChI=1S/C21H17FO4/c1-13-6-8-18-16(11-20(24)26-21(18)14(13)2)12-25-19(23)9-7-15-4-3-5-17(22)10-15/h3-11H,12H2,1-2H3/b9-7-. The highest BCUT2D eigenvalue weighted by atomic mass is 19.1. The van der Waals surface area contributed by atoms with Crippen molar-refractivity contribution in [3.8, 4) is 0 Å². The molecule has 0 aliphatic heterocycles. The number of hydrogen-bond acceptors (Lipinski definition) is 4. The van der Waals surface area contributed by atoms with Crippen molar-refractivity contribution < 1.29 is 18.3 Å². The van der Waals surface area contributed by atoms with Crippen LogP contribution in [0.15, 0.2) is 57.8 Å². The summed E-state index contributed by atoms with van der Waals surface area (Å²) in [6.45, 7) is 3.74. The third kappa shape index (κ3) is 3.88. The van der Waals surface area contributed by atoms with E-state index in [9.17, 15) is 14.0 Å². The van der Waals surface area contributed by atoms with Gasteiger partial charge in [0.25, 0.3) is 0 Å². The third-order valence-electron chi connectivity index (χ3n) is 4.15. The monoisotopic (exact) mass is 352 g/mol. The zero-order valence-corrected chi connectivity index (χ0v) is 14.4. The van der Waals surface area contributed by atoms with Crippen molar-refractivity contribution in [1.29, 1.82) is 0 Å². The summed E-state index contributed by atoms with van der Waals surface area (Å²) >= 11 is 0. The van der Waals surface area contributed by atoms with E-state index in [1.165, 1.54) is 30.4 Å². The van der Waals surface area contributed by atoms with Gasteiger partial charge < -0.3 is 9.15 Å². The summed E-state index contributed by atoms with van der Waals surface area (Å²) in [7, 11) is 0. The van der Waals surface area contributed by atoms with Crippen LogP contribution in [0.2, 0.25) is 0 Å². The van der Waals surface area contributed by atoms with Gasteiger partial charge in [-0.3, -0.25) is 0 Å². The molecule has 0 aliphatic carbocycles. The van der Waals surface area contributed by atoms with E-state index in [-0.39, 0.29) is 12.4 Å². The molecule has 3 rings (SSSR count). The first-order chi connectivity index (χ1) is 12.4. The fourth-order valence-corrected chi connectivity index (χ4v) is 2.62. The SMILES string of the molecule is Cc1ccc2c(COC(=O)/C=C\c3cccc(F)c3)cc(=O)oc2c1C. The topological polar surface area (TPSA) is 56.5 Å². The molecule has 0 saturated heterocycles. The van der Waals surface area contributed by atoms with Gasteiger partial charge in [0.2, 0.25) is 0 Å². The second kappa shape index (κ2) is 7.35.